The Balaban J connectivity index is 2.05. The molecule has 2 N–H and O–H groups in total. The Hall–Kier alpha value is -3.44. The molecule has 8 nitrogen and oxygen atoms in total. The van der Waals surface area contributed by atoms with Gasteiger partial charge in [0.25, 0.3) is 0 Å². The largest absolute Gasteiger partial charge is 0.493 e. The van der Waals surface area contributed by atoms with Gasteiger partial charge in [0.15, 0.2) is 11.5 Å². The third-order valence-electron chi connectivity index (χ3n) is 6.01. The first-order valence-corrected chi connectivity index (χ1v) is 10.8. The second-order valence-corrected chi connectivity index (χ2v) is 7.98. The molecule has 1 atom stereocenters. The molecular formula is C25H30N2O6. The molecule has 0 spiro atoms. The molecule has 1 saturated carbocycles. The highest BCUT2D eigenvalue weighted by atomic mass is 16.5. The standard InChI is InChI=1S/C25H30N2O6/c1-30-21-12-17(13-22(31-2)24(21)32-3)23(25(29)33-4)15-5-6-16(14-26)20(11-15)27-18-7-9-19(28)10-8-18/h5-6,11-13,18-19,23,27-28H,7-10H2,1-4H3. The summed E-state index contributed by atoms with van der Waals surface area (Å²) in [5, 5.41) is 22.8. The van der Waals surface area contributed by atoms with Crippen LogP contribution in [0.2, 0.25) is 0 Å². The summed E-state index contributed by atoms with van der Waals surface area (Å²) in [5.41, 5.74) is 2.40. The van der Waals surface area contributed by atoms with E-state index in [0.29, 0.717) is 39.6 Å². The molecule has 0 aromatic heterocycles. The Morgan fingerprint density at radius 1 is 1.00 bits per heavy atom. The fourth-order valence-electron chi connectivity index (χ4n) is 4.25. The average molecular weight is 455 g/mol. The molecular weight excluding hydrogens is 424 g/mol. The van der Waals surface area contributed by atoms with Crippen molar-refractivity contribution in [1.82, 2.24) is 0 Å². The lowest BCUT2D eigenvalue weighted by molar-refractivity contribution is -0.141. The summed E-state index contributed by atoms with van der Waals surface area (Å²) in [6, 6.07) is 11.1. The summed E-state index contributed by atoms with van der Waals surface area (Å²) < 4.78 is 21.4. The second-order valence-electron chi connectivity index (χ2n) is 7.98. The number of nitriles is 1. The molecule has 176 valence electrons. The molecule has 1 fully saturated rings. The smallest absolute Gasteiger partial charge is 0.317 e. The minimum Gasteiger partial charge on any atom is -0.493 e. The lowest BCUT2D eigenvalue weighted by Gasteiger charge is -2.28. The minimum atomic E-state index is -0.773. The molecule has 1 aliphatic carbocycles. The lowest BCUT2D eigenvalue weighted by atomic mass is 9.89. The minimum absolute atomic E-state index is 0.147. The van der Waals surface area contributed by atoms with Crippen LogP contribution in [0.1, 0.15) is 48.3 Å². The van der Waals surface area contributed by atoms with E-state index in [4.69, 9.17) is 18.9 Å². The van der Waals surface area contributed by atoms with Gasteiger partial charge < -0.3 is 29.4 Å². The highest BCUT2D eigenvalue weighted by Gasteiger charge is 2.28. The number of ether oxygens (including phenoxy) is 4. The Morgan fingerprint density at radius 3 is 2.15 bits per heavy atom. The maximum absolute atomic E-state index is 12.9. The van der Waals surface area contributed by atoms with Crippen LogP contribution in [0.5, 0.6) is 17.2 Å². The predicted octanol–water partition coefficient (Wildman–Crippen LogP) is 3.60. The number of aliphatic hydroxyl groups excluding tert-OH is 1. The van der Waals surface area contributed by atoms with Crippen LogP contribution in [0.15, 0.2) is 30.3 Å². The van der Waals surface area contributed by atoms with E-state index in [1.165, 1.54) is 28.4 Å². The van der Waals surface area contributed by atoms with Gasteiger partial charge in [0.05, 0.1) is 45.8 Å². The van der Waals surface area contributed by atoms with Crippen LogP contribution in [-0.2, 0) is 9.53 Å². The number of anilines is 1. The summed E-state index contributed by atoms with van der Waals surface area (Å²) in [6.45, 7) is 0. The maximum Gasteiger partial charge on any atom is 0.317 e. The van der Waals surface area contributed by atoms with Gasteiger partial charge in [0.1, 0.15) is 12.0 Å². The number of carbonyl (C=O) groups is 1. The first-order chi connectivity index (χ1) is 15.9. The van der Waals surface area contributed by atoms with E-state index in [9.17, 15) is 15.2 Å². The van der Waals surface area contributed by atoms with Gasteiger partial charge in [0, 0.05) is 6.04 Å². The number of hydrogen-bond donors (Lipinski definition) is 2. The van der Waals surface area contributed by atoms with Crippen molar-refractivity contribution >= 4 is 11.7 Å². The summed E-state index contributed by atoms with van der Waals surface area (Å²) in [6.07, 6.45) is 2.78. The molecule has 0 saturated heterocycles. The number of esters is 1. The number of nitrogens with one attached hydrogen (secondary N) is 1. The van der Waals surface area contributed by atoms with E-state index in [-0.39, 0.29) is 12.1 Å². The third-order valence-corrected chi connectivity index (χ3v) is 6.01. The maximum atomic E-state index is 12.9. The molecule has 2 aromatic carbocycles. The van der Waals surface area contributed by atoms with Crippen molar-refractivity contribution in [3.8, 4) is 23.3 Å². The average Bonchev–Trinajstić information content (AvgIpc) is 2.84. The molecule has 0 bridgehead atoms. The number of hydrogen-bond acceptors (Lipinski definition) is 8. The zero-order chi connectivity index (χ0) is 24.0. The van der Waals surface area contributed by atoms with Gasteiger partial charge >= 0.3 is 5.97 Å². The van der Waals surface area contributed by atoms with E-state index < -0.39 is 11.9 Å². The van der Waals surface area contributed by atoms with Gasteiger partial charge in [-0.3, -0.25) is 4.79 Å². The number of rotatable bonds is 8. The van der Waals surface area contributed by atoms with Gasteiger partial charge in [-0.1, -0.05) is 6.07 Å². The van der Waals surface area contributed by atoms with E-state index in [0.717, 1.165) is 25.7 Å². The Morgan fingerprint density at radius 2 is 1.64 bits per heavy atom. The number of aliphatic hydroxyl groups is 1. The highest BCUT2D eigenvalue weighted by molar-refractivity contribution is 5.83. The number of methoxy groups -OCH3 is 4. The van der Waals surface area contributed by atoms with E-state index >= 15 is 0 Å². The topological polar surface area (TPSA) is 110 Å². The highest BCUT2D eigenvalue weighted by Crippen LogP contribution is 2.42. The van der Waals surface area contributed by atoms with E-state index in [1.54, 1.807) is 24.3 Å². The molecule has 0 heterocycles. The molecule has 0 aliphatic heterocycles. The molecule has 33 heavy (non-hydrogen) atoms. The summed E-state index contributed by atoms with van der Waals surface area (Å²) in [5.74, 6) is 0.0435. The van der Waals surface area contributed by atoms with Gasteiger partial charge in [-0.2, -0.15) is 5.26 Å². The monoisotopic (exact) mass is 454 g/mol. The molecule has 3 rings (SSSR count). The van der Waals surface area contributed by atoms with Gasteiger partial charge in [-0.15, -0.1) is 0 Å². The van der Waals surface area contributed by atoms with Crippen molar-refractivity contribution in [2.45, 2.75) is 43.7 Å². The molecule has 0 radical (unpaired) electrons. The summed E-state index contributed by atoms with van der Waals surface area (Å²) >= 11 is 0. The predicted molar refractivity (Wildman–Crippen MR) is 123 cm³/mol. The normalized spacial score (nSPS) is 18.5. The van der Waals surface area contributed by atoms with Crippen LogP contribution in [0, 0.1) is 11.3 Å². The van der Waals surface area contributed by atoms with Gasteiger partial charge in [-0.05, 0) is 61.1 Å². The fourth-order valence-corrected chi connectivity index (χ4v) is 4.25. The molecule has 1 unspecified atom stereocenters. The Kier molecular flexibility index (Phi) is 8.01. The van der Waals surface area contributed by atoms with Crippen molar-refractivity contribution < 1.29 is 28.8 Å². The number of nitrogens with zero attached hydrogens (tertiary/aromatic N) is 1. The van der Waals surface area contributed by atoms with Gasteiger partial charge in [0.2, 0.25) is 5.75 Å². The van der Waals surface area contributed by atoms with E-state index in [2.05, 4.69) is 11.4 Å². The quantitative estimate of drug-likeness (QED) is 0.582. The van der Waals surface area contributed by atoms with Gasteiger partial charge in [-0.25, -0.2) is 0 Å². The zero-order valence-electron chi connectivity index (χ0n) is 19.4. The van der Waals surface area contributed by atoms with Crippen molar-refractivity contribution in [1.29, 1.82) is 5.26 Å². The van der Waals surface area contributed by atoms with E-state index in [1.807, 2.05) is 6.07 Å². The Bertz CT molecular complexity index is 999. The van der Waals surface area contributed by atoms with Crippen molar-refractivity contribution in [3.05, 3.63) is 47.0 Å². The van der Waals surface area contributed by atoms with Crippen molar-refractivity contribution in [3.63, 3.8) is 0 Å². The summed E-state index contributed by atoms with van der Waals surface area (Å²) in [4.78, 5) is 12.9. The second kappa shape index (κ2) is 10.9. The molecule has 0 amide bonds. The molecule has 2 aromatic rings. The van der Waals surface area contributed by atoms with Crippen LogP contribution in [0.25, 0.3) is 0 Å². The van der Waals surface area contributed by atoms with Crippen LogP contribution in [-0.4, -0.2) is 51.7 Å². The van der Waals surface area contributed by atoms with Crippen molar-refractivity contribution in [2.24, 2.45) is 0 Å². The Labute approximate surface area is 194 Å². The fraction of sp³-hybridized carbons (Fsp3) is 0.440. The molecule has 1 aliphatic rings. The van der Waals surface area contributed by atoms with Crippen LogP contribution in [0.3, 0.4) is 0 Å². The third kappa shape index (κ3) is 5.32. The molecule has 8 heteroatoms. The first kappa shape index (κ1) is 24.2. The number of benzene rings is 2. The lowest BCUT2D eigenvalue weighted by Crippen LogP contribution is -2.28. The van der Waals surface area contributed by atoms with Crippen LogP contribution in [0.4, 0.5) is 5.69 Å². The first-order valence-electron chi connectivity index (χ1n) is 10.8. The van der Waals surface area contributed by atoms with Crippen LogP contribution >= 0.6 is 0 Å². The van der Waals surface area contributed by atoms with Crippen LogP contribution < -0.4 is 19.5 Å². The SMILES string of the molecule is COC(=O)C(c1ccc(C#N)c(NC2CCC(O)CC2)c1)c1cc(OC)c(OC)c(OC)c1. The summed E-state index contributed by atoms with van der Waals surface area (Å²) in [7, 11) is 5.88. The zero-order valence-corrected chi connectivity index (χ0v) is 19.4. The number of carbonyl (C=O) groups excluding carboxylic acids is 1. The van der Waals surface area contributed by atoms with Crippen molar-refractivity contribution in [2.75, 3.05) is 33.8 Å².